The van der Waals surface area contributed by atoms with Gasteiger partial charge in [-0.2, -0.15) is 0 Å². The van der Waals surface area contributed by atoms with Crippen LogP contribution in [0.5, 0.6) is 0 Å². The van der Waals surface area contributed by atoms with Crippen molar-refractivity contribution in [1.29, 1.82) is 0 Å². The van der Waals surface area contributed by atoms with Crippen molar-refractivity contribution >= 4 is 5.97 Å². The molecule has 2 saturated heterocycles. The average molecular weight is 185 g/mol. The Labute approximate surface area is 77.5 Å². The largest absolute Gasteiger partial charge is 0.480 e. The monoisotopic (exact) mass is 185 g/mol. The van der Waals surface area contributed by atoms with E-state index < -0.39 is 5.97 Å². The molecule has 3 atom stereocenters. The van der Waals surface area contributed by atoms with E-state index in [1.807, 2.05) is 6.92 Å². The Morgan fingerprint density at radius 3 is 2.92 bits per heavy atom. The van der Waals surface area contributed by atoms with E-state index in [1.165, 1.54) is 0 Å². The number of carbonyl (C=O) groups is 1. The number of carboxylic acid groups (broad SMARTS) is 1. The van der Waals surface area contributed by atoms with Crippen LogP contribution in [0.15, 0.2) is 0 Å². The predicted molar refractivity (Wildman–Crippen MR) is 46.6 cm³/mol. The molecule has 2 aliphatic heterocycles. The van der Waals surface area contributed by atoms with Crippen LogP contribution in [0.1, 0.15) is 19.8 Å². The Bertz CT molecular complexity index is 219. The highest BCUT2D eigenvalue weighted by atomic mass is 16.5. The standard InChI is InChI=1S/C9H15NO3/c1-2-8(9(11)12)10-4-7-3-6(10)5-13-7/h6-8H,2-5H2,1H3,(H,11,12). The first kappa shape index (κ1) is 8.97. The van der Waals surface area contributed by atoms with Gasteiger partial charge in [-0.25, -0.2) is 0 Å². The molecule has 0 aliphatic carbocycles. The molecule has 2 aliphatic rings. The summed E-state index contributed by atoms with van der Waals surface area (Å²) in [4.78, 5) is 13.0. The van der Waals surface area contributed by atoms with E-state index in [1.54, 1.807) is 0 Å². The number of hydrogen-bond acceptors (Lipinski definition) is 3. The molecular weight excluding hydrogens is 170 g/mol. The van der Waals surface area contributed by atoms with Crippen LogP contribution in [-0.2, 0) is 9.53 Å². The third-order valence-corrected chi connectivity index (χ3v) is 3.01. The number of likely N-dealkylation sites (tertiary alicyclic amines) is 1. The number of hydrogen-bond donors (Lipinski definition) is 1. The number of fused-ring (bicyclic) bond motifs is 2. The lowest BCUT2D eigenvalue weighted by atomic mass is 10.1. The fourth-order valence-electron chi connectivity index (χ4n) is 2.36. The van der Waals surface area contributed by atoms with E-state index in [9.17, 15) is 4.79 Å². The maximum Gasteiger partial charge on any atom is 0.320 e. The summed E-state index contributed by atoms with van der Waals surface area (Å²) >= 11 is 0. The second kappa shape index (κ2) is 3.27. The van der Waals surface area contributed by atoms with Gasteiger partial charge in [-0.1, -0.05) is 6.92 Å². The van der Waals surface area contributed by atoms with Crippen molar-refractivity contribution in [2.75, 3.05) is 13.2 Å². The molecule has 0 radical (unpaired) electrons. The van der Waals surface area contributed by atoms with Gasteiger partial charge in [0.15, 0.2) is 0 Å². The smallest absolute Gasteiger partial charge is 0.320 e. The molecule has 0 aromatic carbocycles. The van der Waals surface area contributed by atoms with Crippen LogP contribution >= 0.6 is 0 Å². The Balaban J connectivity index is 2.04. The summed E-state index contributed by atoms with van der Waals surface area (Å²) in [5.41, 5.74) is 0. The minimum atomic E-state index is -0.699. The predicted octanol–water partition coefficient (Wildman–Crippen LogP) is 0.323. The normalized spacial score (nSPS) is 35.2. The average Bonchev–Trinajstić information content (AvgIpc) is 2.65. The van der Waals surface area contributed by atoms with Crippen LogP contribution in [0, 0.1) is 0 Å². The first-order valence-electron chi connectivity index (χ1n) is 4.82. The summed E-state index contributed by atoms with van der Waals surface area (Å²) in [5.74, 6) is -0.699. The molecule has 4 heteroatoms. The summed E-state index contributed by atoms with van der Waals surface area (Å²) in [6.45, 7) is 3.44. The number of nitrogens with zero attached hydrogens (tertiary/aromatic N) is 1. The van der Waals surface area contributed by atoms with E-state index in [0.29, 0.717) is 25.2 Å². The van der Waals surface area contributed by atoms with Gasteiger partial charge in [0.2, 0.25) is 0 Å². The zero-order valence-corrected chi connectivity index (χ0v) is 7.77. The molecule has 0 amide bonds. The number of aliphatic carboxylic acids is 1. The van der Waals surface area contributed by atoms with Crippen molar-refractivity contribution in [2.45, 2.75) is 38.0 Å². The summed E-state index contributed by atoms with van der Waals surface area (Å²) in [6, 6.07) is 0.0462. The molecule has 74 valence electrons. The van der Waals surface area contributed by atoms with Crippen LogP contribution in [0.2, 0.25) is 0 Å². The highest BCUT2D eigenvalue weighted by molar-refractivity contribution is 5.73. The highest BCUT2D eigenvalue weighted by Crippen LogP contribution is 2.30. The van der Waals surface area contributed by atoms with Gasteiger partial charge < -0.3 is 9.84 Å². The second-order valence-electron chi connectivity index (χ2n) is 3.80. The van der Waals surface area contributed by atoms with Crippen molar-refractivity contribution < 1.29 is 14.6 Å². The molecule has 13 heavy (non-hydrogen) atoms. The minimum Gasteiger partial charge on any atom is -0.480 e. The number of carboxylic acids is 1. The van der Waals surface area contributed by atoms with E-state index in [-0.39, 0.29) is 6.04 Å². The SMILES string of the molecule is CCC(C(=O)O)N1CC2CC1CO2. The zero-order valence-electron chi connectivity index (χ0n) is 7.77. The summed E-state index contributed by atoms with van der Waals surface area (Å²) in [7, 11) is 0. The molecule has 0 saturated carbocycles. The van der Waals surface area contributed by atoms with Crippen LogP contribution in [0.3, 0.4) is 0 Å². The maximum atomic E-state index is 10.9. The molecule has 0 spiro atoms. The third-order valence-electron chi connectivity index (χ3n) is 3.01. The zero-order chi connectivity index (χ0) is 9.42. The quantitative estimate of drug-likeness (QED) is 0.688. The van der Waals surface area contributed by atoms with Gasteiger partial charge >= 0.3 is 5.97 Å². The first-order chi connectivity index (χ1) is 6.22. The number of morpholine rings is 1. The lowest BCUT2D eigenvalue weighted by Crippen LogP contribution is -2.47. The molecule has 4 nitrogen and oxygen atoms in total. The molecule has 0 aromatic heterocycles. The molecular formula is C9H15NO3. The van der Waals surface area contributed by atoms with Gasteiger partial charge in [-0.15, -0.1) is 0 Å². The van der Waals surface area contributed by atoms with Gasteiger partial charge in [0.25, 0.3) is 0 Å². The van der Waals surface area contributed by atoms with Crippen molar-refractivity contribution in [1.82, 2.24) is 4.90 Å². The fourth-order valence-corrected chi connectivity index (χ4v) is 2.36. The fraction of sp³-hybridized carbons (Fsp3) is 0.889. The molecule has 2 heterocycles. The van der Waals surface area contributed by atoms with Gasteiger partial charge in [0, 0.05) is 12.6 Å². The van der Waals surface area contributed by atoms with Crippen LogP contribution in [0.25, 0.3) is 0 Å². The highest BCUT2D eigenvalue weighted by Gasteiger charge is 2.43. The Hall–Kier alpha value is -0.610. The van der Waals surface area contributed by atoms with Gasteiger partial charge in [-0.05, 0) is 12.8 Å². The summed E-state index contributed by atoms with van der Waals surface area (Å²) < 4.78 is 5.42. The maximum absolute atomic E-state index is 10.9. The molecule has 0 aromatic rings. The molecule has 2 bridgehead atoms. The topological polar surface area (TPSA) is 49.8 Å². The van der Waals surface area contributed by atoms with Crippen molar-refractivity contribution in [3.8, 4) is 0 Å². The lowest BCUT2D eigenvalue weighted by molar-refractivity contribution is -0.145. The van der Waals surface area contributed by atoms with Crippen LogP contribution in [0.4, 0.5) is 0 Å². The summed E-state index contributed by atoms with van der Waals surface area (Å²) in [5, 5.41) is 8.98. The number of rotatable bonds is 3. The second-order valence-corrected chi connectivity index (χ2v) is 3.80. The van der Waals surface area contributed by atoms with E-state index in [0.717, 1.165) is 13.0 Å². The van der Waals surface area contributed by atoms with Crippen molar-refractivity contribution in [3.63, 3.8) is 0 Å². The molecule has 3 unspecified atom stereocenters. The number of ether oxygens (including phenoxy) is 1. The lowest BCUT2D eigenvalue weighted by Gasteiger charge is -2.31. The van der Waals surface area contributed by atoms with E-state index in [4.69, 9.17) is 9.84 Å². The van der Waals surface area contributed by atoms with E-state index in [2.05, 4.69) is 4.90 Å². The molecule has 2 fully saturated rings. The Morgan fingerprint density at radius 2 is 2.54 bits per heavy atom. The van der Waals surface area contributed by atoms with Gasteiger partial charge in [0.1, 0.15) is 6.04 Å². The van der Waals surface area contributed by atoms with Crippen LogP contribution < -0.4 is 0 Å². The van der Waals surface area contributed by atoms with Crippen molar-refractivity contribution in [2.24, 2.45) is 0 Å². The van der Waals surface area contributed by atoms with Crippen LogP contribution in [-0.4, -0.2) is 47.3 Å². The molecule has 2 rings (SSSR count). The Morgan fingerprint density at radius 1 is 1.77 bits per heavy atom. The summed E-state index contributed by atoms with van der Waals surface area (Å²) in [6.07, 6.45) is 1.99. The third kappa shape index (κ3) is 1.44. The van der Waals surface area contributed by atoms with Crippen molar-refractivity contribution in [3.05, 3.63) is 0 Å². The Kier molecular flexibility index (Phi) is 2.26. The van der Waals surface area contributed by atoms with Gasteiger partial charge in [0.05, 0.1) is 12.7 Å². The van der Waals surface area contributed by atoms with Gasteiger partial charge in [-0.3, -0.25) is 9.69 Å². The molecule has 1 N–H and O–H groups in total. The van der Waals surface area contributed by atoms with E-state index >= 15 is 0 Å². The minimum absolute atomic E-state index is 0.290. The first-order valence-corrected chi connectivity index (χ1v) is 4.82.